The molecule has 0 amide bonds. The molecule has 0 spiro atoms. The van der Waals surface area contributed by atoms with Crippen LogP contribution < -0.4 is 4.31 Å². The van der Waals surface area contributed by atoms with E-state index in [1.807, 2.05) is 6.92 Å². The van der Waals surface area contributed by atoms with E-state index in [-0.39, 0.29) is 18.1 Å². The third-order valence-corrected chi connectivity index (χ3v) is 1.85. The Kier molecular flexibility index (Phi) is 2.44. The molecule has 0 heterocycles. The minimum Gasteiger partial charge on any atom is -0.496 e. The molecule has 1 unspecified atom stereocenters. The highest BCUT2D eigenvalue weighted by atomic mass is 32.1. The molecule has 1 saturated carbocycles. The number of ether oxygens (including phenoxy) is 1. The maximum atomic E-state index is 11.0. The van der Waals surface area contributed by atoms with Gasteiger partial charge in [-0.15, -0.1) is 0 Å². The second kappa shape index (κ2) is 3.03. The first-order chi connectivity index (χ1) is 5.02. The first kappa shape index (κ1) is 8.87. The number of hydrogen-bond acceptors (Lipinski definition) is 3. The minimum absolute atomic E-state index is 0.151. The lowest BCUT2D eigenvalue weighted by Gasteiger charge is -2.17. The number of nitrogens with one attached hydrogen (secondary N) is 1. The monoisotopic (exact) mass is 175 g/mol. The number of esters is 1. The van der Waals surface area contributed by atoms with Gasteiger partial charge in [0.2, 0.25) is 0 Å². The Labute approximate surface area is 72.2 Å². The van der Waals surface area contributed by atoms with E-state index in [1.165, 1.54) is 0 Å². The van der Waals surface area contributed by atoms with Crippen molar-refractivity contribution in [3.63, 3.8) is 0 Å². The number of carbonyl (C=O) groups excluding carboxylic acids is 1. The fraction of sp³-hybridized carbons (Fsp3) is 0.857. The molecule has 1 aliphatic rings. The summed E-state index contributed by atoms with van der Waals surface area (Å²) in [7, 11) is 1.76. The summed E-state index contributed by atoms with van der Waals surface area (Å²) in [6, 6.07) is 0. The highest BCUT2D eigenvalue weighted by molar-refractivity contribution is 7.51. The van der Waals surface area contributed by atoms with Gasteiger partial charge >= 0.3 is 5.97 Å². The summed E-state index contributed by atoms with van der Waals surface area (Å²) in [4.78, 5) is 11.0. The molecule has 1 N–H and O–H groups in total. The quantitative estimate of drug-likeness (QED) is 0.443. The lowest BCUT2D eigenvalue weighted by atomic mass is 10.4. The fourth-order valence-corrected chi connectivity index (χ4v) is 0.910. The largest absolute Gasteiger partial charge is 0.496 e. The van der Waals surface area contributed by atoms with Crippen LogP contribution in [-0.2, 0) is 22.3 Å². The predicted octanol–water partition coefficient (Wildman–Crippen LogP) is -0.941. The third kappa shape index (κ3) is 3.12. The number of hydrogen-bond donors (Lipinski definition) is 1. The average Bonchev–Trinajstić information content (AvgIpc) is 2.44. The molecule has 0 bridgehead atoms. The zero-order chi connectivity index (χ0) is 8.48. The van der Waals surface area contributed by atoms with Crippen LogP contribution in [0.3, 0.4) is 0 Å². The molecule has 0 aromatic carbocycles. The van der Waals surface area contributed by atoms with E-state index in [0.29, 0.717) is 4.31 Å². The fourth-order valence-electron chi connectivity index (χ4n) is 0.792. The molecule has 1 fully saturated rings. The van der Waals surface area contributed by atoms with E-state index in [1.54, 1.807) is 7.05 Å². The van der Waals surface area contributed by atoms with Gasteiger partial charge in [-0.2, -0.15) is 0 Å². The Hall–Kier alpha value is -0.220. The zero-order valence-corrected chi connectivity index (χ0v) is 7.66. The van der Waals surface area contributed by atoms with Crippen LogP contribution in [-0.4, -0.2) is 25.2 Å². The number of carbonyl (C=O) groups is 1. The smallest absolute Gasteiger partial charge is 0.360 e. The van der Waals surface area contributed by atoms with E-state index in [9.17, 15) is 4.79 Å². The molecule has 64 valence electrons. The summed E-state index contributed by atoms with van der Waals surface area (Å²) in [6.07, 6.45) is 1.99. The maximum absolute atomic E-state index is 11.0. The van der Waals surface area contributed by atoms with E-state index in [0.717, 1.165) is 12.8 Å². The second-order valence-corrected chi connectivity index (χ2v) is 4.00. The maximum Gasteiger partial charge on any atom is 0.360 e. The van der Waals surface area contributed by atoms with E-state index in [4.69, 9.17) is 17.6 Å². The Morgan fingerprint density at radius 3 is 2.64 bits per heavy atom. The molecule has 1 rings (SSSR count). The van der Waals surface area contributed by atoms with Crippen LogP contribution >= 0.6 is 0 Å². The van der Waals surface area contributed by atoms with Crippen LogP contribution in [0.2, 0.25) is 0 Å². The predicted molar refractivity (Wildman–Crippen MR) is 42.8 cm³/mol. The molecule has 0 aromatic heterocycles. The summed E-state index contributed by atoms with van der Waals surface area (Å²) >= 11 is 4.78. The summed E-state index contributed by atoms with van der Waals surface area (Å²) in [5.41, 5.74) is -0.151. The van der Waals surface area contributed by atoms with E-state index < -0.39 is 0 Å². The van der Waals surface area contributed by atoms with Gasteiger partial charge in [0.1, 0.15) is 5.60 Å². The first-order valence-corrected chi connectivity index (χ1v) is 4.14. The summed E-state index contributed by atoms with van der Waals surface area (Å²) in [5.74, 6) is -0.183. The van der Waals surface area contributed by atoms with Crippen LogP contribution in [0.1, 0.15) is 19.8 Å². The Morgan fingerprint density at radius 2 is 2.27 bits per heavy atom. The van der Waals surface area contributed by atoms with Crippen LogP contribution in [0.4, 0.5) is 0 Å². The first-order valence-electron chi connectivity index (χ1n) is 3.73. The number of quaternary nitrogens is 1. The molecule has 3 nitrogen and oxygen atoms in total. The normalized spacial score (nSPS) is 22.5. The number of likely N-dealkylation sites (N-methyl/N-ethyl adjacent to an activating group) is 1. The van der Waals surface area contributed by atoms with Gasteiger partial charge in [0, 0.05) is 0 Å². The Balaban J connectivity index is 2.21. The van der Waals surface area contributed by atoms with Gasteiger partial charge in [-0.3, -0.25) is 0 Å². The van der Waals surface area contributed by atoms with Gasteiger partial charge in [0.15, 0.2) is 6.54 Å². The minimum atomic E-state index is -0.183. The Bertz CT molecular complexity index is 166. The van der Waals surface area contributed by atoms with E-state index in [2.05, 4.69) is 0 Å². The van der Waals surface area contributed by atoms with Crippen LogP contribution in [0.25, 0.3) is 0 Å². The molecule has 0 aliphatic heterocycles. The Morgan fingerprint density at radius 1 is 1.73 bits per heavy atom. The van der Waals surface area contributed by atoms with Crippen molar-refractivity contribution in [2.75, 3.05) is 13.6 Å². The molecule has 0 radical (unpaired) electrons. The van der Waals surface area contributed by atoms with Crippen molar-refractivity contribution in [3.8, 4) is 0 Å². The van der Waals surface area contributed by atoms with Gasteiger partial charge in [-0.05, 0) is 19.8 Å². The van der Waals surface area contributed by atoms with Crippen molar-refractivity contribution in [1.82, 2.24) is 0 Å². The van der Waals surface area contributed by atoms with Crippen molar-refractivity contribution in [3.05, 3.63) is 0 Å². The molecule has 1 aliphatic carbocycles. The van der Waals surface area contributed by atoms with Crippen molar-refractivity contribution in [2.45, 2.75) is 25.4 Å². The molecular weight excluding hydrogens is 162 g/mol. The molecule has 11 heavy (non-hydrogen) atoms. The summed E-state index contributed by atoms with van der Waals surface area (Å²) in [5, 5.41) is 0. The van der Waals surface area contributed by atoms with Gasteiger partial charge in [0.05, 0.1) is 7.05 Å². The van der Waals surface area contributed by atoms with Crippen LogP contribution in [0.5, 0.6) is 0 Å². The zero-order valence-electron chi connectivity index (χ0n) is 6.85. The lowest BCUT2D eigenvalue weighted by Crippen LogP contribution is -3.05. The summed E-state index contributed by atoms with van der Waals surface area (Å²) in [6.45, 7) is 2.23. The van der Waals surface area contributed by atoms with E-state index >= 15 is 0 Å². The number of rotatable bonds is 3. The topological polar surface area (TPSA) is 30.7 Å². The molecule has 4 heteroatoms. The third-order valence-electron chi connectivity index (χ3n) is 1.71. The van der Waals surface area contributed by atoms with Gasteiger partial charge in [-0.25, -0.2) is 4.79 Å². The molecule has 0 aromatic rings. The van der Waals surface area contributed by atoms with Gasteiger partial charge < -0.3 is 21.9 Å². The van der Waals surface area contributed by atoms with Crippen molar-refractivity contribution in [1.29, 1.82) is 0 Å². The SMILES string of the molecule is C[NH+]([S-])CC(=O)OC1(C)CC1. The lowest BCUT2D eigenvalue weighted by molar-refractivity contribution is -0.720. The average molecular weight is 175 g/mol. The highest BCUT2D eigenvalue weighted by Gasteiger charge is 2.41. The molecular formula is C7H13NO2S. The van der Waals surface area contributed by atoms with Crippen LogP contribution in [0, 0.1) is 0 Å². The van der Waals surface area contributed by atoms with Crippen LogP contribution in [0.15, 0.2) is 0 Å². The van der Waals surface area contributed by atoms with Gasteiger partial charge in [-0.1, -0.05) is 0 Å². The standard InChI is InChI=1S/C7H13NO2S/c1-7(3-4-7)10-6(9)5-8(2)11/h8H,3-5H2,1-2H3. The van der Waals surface area contributed by atoms with Gasteiger partial charge in [0.25, 0.3) is 0 Å². The molecule has 0 saturated heterocycles. The van der Waals surface area contributed by atoms with Crippen molar-refractivity contribution < 1.29 is 13.8 Å². The van der Waals surface area contributed by atoms with Crippen molar-refractivity contribution in [2.24, 2.45) is 0 Å². The second-order valence-electron chi connectivity index (χ2n) is 3.30. The molecule has 1 atom stereocenters. The highest BCUT2D eigenvalue weighted by Crippen LogP contribution is 2.38. The van der Waals surface area contributed by atoms with Crippen molar-refractivity contribution >= 4 is 18.8 Å². The summed E-state index contributed by atoms with van der Waals surface area (Å²) < 4.78 is 5.83.